The molecule has 0 amide bonds. The second-order valence-electron chi connectivity index (χ2n) is 3.93. The minimum Gasteiger partial charge on any atom is -0.452 e. The minimum absolute atomic E-state index is 0.601. The summed E-state index contributed by atoms with van der Waals surface area (Å²) in [7, 11) is 0. The van der Waals surface area contributed by atoms with Gasteiger partial charge in [0.2, 0.25) is 0 Å². The highest BCUT2D eigenvalue weighted by atomic mass is 79.9. The van der Waals surface area contributed by atoms with E-state index in [1.807, 2.05) is 0 Å². The summed E-state index contributed by atoms with van der Waals surface area (Å²) in [6, 6.07) is 0. The Morgan fingerprint density at radius 1 is 0.435 bits per heavy atom. The standard InChI is InChI=1S/C12HBr9OS/c13-1-2(14)4(16)10(5(17)3(1)15)22-11-6(18)8(20)12(23)9(21)7(11)19/h23H. The molecule has 1 nitrogen and oxygen atoms in total. The zero-order valence-corrected chi connectivity index (χ0v) is 25.4. The van der Waals surface area contributed by atoms with E-state index < -0.39 is 0 Å². The second-order valence-corrected chi connectivity index (χ2v) is 11.5. The van der Waals surface area contributed by atoms with E-state index >= 15 is 0 Å². The van der Waals surface area contributed by atoms with Crippen LogP contribution in [0.15, 0.2) is 45.1 Å². The quantitative estimate of drug-likeness (QED) is 0.179. The molecule has 0 aliphatic carbocycles. The van der Waals surface area contributed by atoms with Crippen molar-refractivity contribution in [1.82, 2.24) is 0 Å². The SMILES string of the molecule is Sc1c(Br)c(Br)c(Oc2c(Br)c(Br)c(Br)c(Br)c2Br)c(Br)c1Br. The summed E-state index contributed by atoms with van der Waals surface area (Å²) >= 11 is 36.2. The number of thiol groups is 1. The van der Waals surface area contributed by atoms with Crippen LogP contribution in [0.25, 0.3) is 0 Å². The Labute approximate surface area is 214 Å². The average molecular weight is 912 g/mol. The first-order chi connectivity index (χ1) is 10.6. The van der Waals surface area contributed by atoms with Crippen molar-refractivity contribution in [2.24, 2.45) is 0 Å². The van der Waals surface area contributed by atoms with Gasteiger partial charge in [-0.3, -0.25) is 0 Å². The lowest BCUT2D eigenvalue weighted by atomic mass is 10.3. The molecule has 0 atom stereocenters. The molecule has 11 heteroatoms. The van der Waals surface area contributed by atoms with Gasteiger partial charge in [0.05, 0.1) is 35.8 Å². The van der Waals surface area contributed by atoms with Crippen molar-refractivity contribution in [2.45, 2.75) is 4.90 Å². The smallest absolute Gasteiger partial charge is 0.158 e. The maximum atomic E-state index is 6.17. The fourth-order valence-electron chi connectivity index (χ4n) is 1.47. The summed E-state index contributed by atoms with van der Waals surface area (Å²) < 4.78 is 13.3. The third kappa shape index (κ3) is 4.34. The van der Waals surface area contributed by atoms with Gasteiger partial charge in [-0.15, -0.1) is 12.6 Å². The van der Waals surface area contributed by atoms with E-state index in [-0.39, 0.29) is 0 Å². The van der Waals surface area contributed by atoms with Crippen molar-refractivity contribution >= 4 is 156 Å². The Bertz CT molecular complexity index is 696. The minimum atomic E-state index is 0.601. The molecular weight excluding hydrogens is 911 g/mol. The third-order valence-corrected chi connectivity index (χ3v) is 13.8. The summed E-state index contributed by atoms with van der Waals surface area (Å²) in [5.41, 5.74) is 0. The Balaban J connectivity index is 2.71. The van der Waals surface area contributed by atoms with Crippen molar-refractivity contribution in [3.05, 3.63) is 40.3 Å². The number of benzene rings is 2. The lowest BCUT2D eigenvalue weighted by Gasteiger charge is -2.18. The van der Waals surface area contributed by atoms with Gasteiger partial charge in [-0.25, -0.2) is 0 Å². The number of ether oxygens (including phenoxy) is 1. The second kappa shape index (κ2) is 8.94. The number of hydrogen-bond donors (Lipinski definition) is 1. The van der Waals surface area contributed by atoms with Crippen LogP contribution in [0.3, 0.4) is 0 Å². The molecule has 0 saturated carbocycles. The molecule has 0 spiro atoms. The number of halogens is 9. The number of hydrogen-bond acceptors (Lipinski definition) is 2. The normalized spacial score (nSPS) is 11.0. The average Bonchev–Trinajstić information content (AvgIpc) is 2.54. The van der Waals surface area contributed by atoms with Gasteiger partial charge >= 0.3 is 0 Å². The fourth-order valence-corrected chi connectivity index (χ4v) is 7.41. The molecular formula is C12HBr9OS. The summed E-state index contributed by atoms with van der Waals surface area (Å²) in [6.45, 7) is 0. The lowest BCUT2D eigenvalue weighted by Crippen LogP contribution is -1.94. The topological polar surface area (TPSA) is 9.23 Å². The highest BCUT2D eigenvalue weighted by molar-refractivity contribution is 9.16. The molecule has 0 aliphatic heterocycles. The molecule has 0 radical (unpaired) electrons. The molecule has 0 bridgehead atoms. The molecule has 124 valence electrons. The largest absolute Gasteiger partial charge is 0.452 e. The van der Waals surface area contributed by atoms with Crippen LogP contribution < -0.4 is 4.74 Å². The van der Waals surface area contributed by atoms with Crippen LogP contribution in [0.4, 0.5) is 0 Å². The van der Waals surface area contributed by atoms with E-state index in [9.17, 15) is 0 Å². The summed E-state index contributed by atoms with van der Waals surface area (Å²) in [5, 5.41) is 0. The van der Waals surface area contributed by atoms with Crippen molar-refractivity contribution in [3.8, 4) is 11.5 Å². The van der Waals surface area contributed by atoms with Crippen LogP contribution in [0, 0.1) is 0 Å². The molecule has 0 aromatic heterocycles. The summed E-state index contributed by atoms with van der Waals surface area (Å²) in [6.07, 6.45) is 0. The van der Waals surface area contributed by atoms with E-state index in [4.69, 9.17) is 4.74 Å². The van der Waals surface area contributed by atoms with E-state index in [0.717, 1.165) is 45.1 Å². The van der Waals surface area contributed by atoms with E-state index in [1.54, 1.807) is 0 Å². The molecule has 0 N–H and O–H groups in total. The maximum Gasteiger partial charge on any atom is 0.158 e. The van der Waals surface area contributed by atoms with Gasteiger partial charge in [-0.2, -0.15) is 0 Å². The van der Waals surface area contributed by atoms with E-state index in [1.165, 1.54) is 0 Å². The maximum absolute atomic E-state index is 6.17. The molecule has 2 aromatic rings. The van der Waals surface area contributed by atoms with Gasteiger partial charge in [0, 0.05) is 9.37 Å². The molecule has 2 aromatic carbocycles. The lowest BCUT2D eigenvalue weighted by molar-refractivity contribution is 0.468. The van der Waals surface area contributed by atoms with Crippen LogP contribution >= 0.6 is 156 Å². The third-order valence-electron chi connectivity index (χ3n) is 2.57. The van der Waals surface area contributed by atoms with Crippen LogP contribution in [-0.2, 0) is 0 Å². The van der Waals surface area contributed by atoms with Crippen LogP contribution in [0.1, 0.15) is 0 Å². The molecule has 0 saturated heterocycles. The van der Waals surface area contributed by atoms with E-state index in [0.29, 0.717) is 11.5 Å². The summed E-state index contributed by atoms with van der Waals surface area (Å²) in [4.78, 5) is 0.757. The molecule has 0 fully saturated rings. The molecule has 0 unspecified atom stereocenters. The van der Waals surface area contributed by atoms with Crippen molar-refractivity contribution in [1.29, 1.82) is 0 Å². The monoisotopic (exact) mass is 903 g/mol. The fraction of sp³-hybridized carbons (Fsp3) is 0. The molecule has 2 rings (SSSR count). The molecule has 0 heterocycles. The predicted octanol–water partition coefficient (Wildman–Crippen LogP) is 10.6. The predicted molar refractivity (Wildman–Crippen MR) is 130 cm³/mol. The van der Waals surface area contributed by atoms with Gasteiger partial charge in [0.15, 0.2) is 11.5 Å². The Morgan fingerprint density at radius 3 is 1.04 bits per heavy atom. The Hall–Kier alpha value is 2.91. The van der Waals surface area contributed by atoms with Gasteiger partial charge in [-0.05, 0) is 143 Å². The van der Waals surface area contributed by atoms with Gasteiger partial charge in [0.1, 0.15) is 0 Å². The molecule has 0 aliphatic rings. The van der Waals surface area contributed by atoms with Crippen LogP contribution in [-0.4, -0.2) is 0 Å². The highest BCUT2D eigenvalue weighted by Gasteiger charge is 2.24. The number of rotatable bonds is 2. The Morgan fingerprint density at radius 2 is 0.696 bits per heavy atom. The summed E-state index contributed by atoms with van der Waals surface area (Å²) in [5.74, 6) is 1.21. The first-order valence-corrected chi connectivity index (χ1v) is 12.9. The first kappa shape index (κ1) is 22.2. The molecule has 23 heavy (non-hydrogen) atoms. The van der Waals surface area contributed by atoms with Crippen LogP contribution in [0.2, 0.25) is 0 Å². The van der Waals surface area contributed by atoms with Gasteiger partial charge in [0.25, 0.3) is 0 Å². The van der Waals surface area contributed by atoms with Gasteiger partial charge in [-0.1, -0.05) is 0 Å². The highest BCUT2D eigenvalue weighted by Crippen LogP contribution is 2.54. The van der Waals surface area contributed by atoms with Crippen molar-refractivity contribution < 1.29 is 4.74 Å². The first-order valence-electron chi connectivity index (χ1n) is 5.33. The van der Waals surface area contributed by atoms with Crippen LogP contribution in [0.5, 0.6) is 11.5 Å². The zero-order chi connectivity index (χ0) is 17.6. The zero-order valence-electron chi connectivity index (χ0n) is 10.3. The van der Waals surface area contributed by atoms with Gasteiger partial charge < -0.3 is 4.74 Å². The van der Waals surface area contributed by atoms with Crippen molar-refractivity contribution in [3.63, 3.8) is 0 Å². The van der Waals surface area contributed by atoms with Crippen molar-refractivity contribution in [2.75, 3.05) is 0 Å². The van der Waals surface area contributed by atoms with E-state index in [2.05, 4.69) is 156 Å². The Kier molecular flexibility index (Phi) is 8.63.